The van der Waals surface area contributed by atoms with Gasteiger partial charge >= 0.3 is 0 Å². The molecule has 20 heavy (non-hydrogen) atoms. The first kappa shape index (κ1) is 16.6. The van der Waals surface area contributed by atoms with Crippen molar-refractivity contribution in [3.05, 3.63) is 35.9 Å². The second-order valence-corrected chi connectivity index (χ2v) is 10.2. The van der Waals surface area contributed by atoms with Gasteiger partial charge in [-0.3, -0.25) is 0 Å². The molecule has 0 aliphatic carbocycles. The maximum atomic E-state index is 6.06. The van der Waals surface area contributed by atoms with E-state index >= 15 is 0 Å². The molecule has 0 heterocycles. The van der Waals surface area contributed by atoms with E-state index in [2.05, 4.69) is 55.8 Å². The Hall–Kier alpha value is -1.42. The Morgan fingerprint density at radius 1 is 1.00 bits per heavy atom. The van der Waals surface area contributed by atoms with Gasteiger partial charge in [0.05, 0.1) is 0 Å². The summed E-state index contributed by atoms with van der Waals surface area (Å²) in [5.41, 5.74) is 2.31. The van der Waals surface area contributed by atoms with Crippen LogP contribution in [0.4, 0.5) is 0 Å². The van der Waals surface area contributed by atoms with E-state index in [1.165, 1.54) is 5.56 Å². The highest BCUT2D eigenvalue weighted by Crippen LogP contribution is 2.09. The van der Waals surface area contributed by atoms with Crippen LogP contribution in [0, 0.1) is 0 Å². The quantitative estimate of drug-likeness (QED) is 0.325. The third kappa shape index (κ3) is 6.66. The lowest BCUT2D eigenvalue weighted by Crippen LogP contribution is -2.30. The van der Waals surface area contributed by atoms with Crippen LogP contribution >= 0.6 is 0 Å². The lowest BCUT2D eigenvalue weighted by atomic mass is 10.1. The fourth-order valence-corrected chi connectivity index (χ4v) is 2.55. The molecular weight excluding hydrogens is 264 g/mol. The third-order valence-corrected chi connectivity index (χ3v) is 3.59. The molecule has 110 valence electrons. The van der Waals surface area contributed by atoms with E-state index in [1.807, 2.05) is 18.2 Å². The van der Waals surface area contributed by atoms with E-state index < -0.39 is 8.32 Å². The van der Waals surface area contributed by atoms with E-state index in [-0.39, 0.29) is 0 Å². The first-order chi connectivity index (χ1) is 9.44. The molecule has 0 atom stereocenters. The van der Waals surface area contributed by atoms with Gasteiger partial charge < -0.3 is 4.43 Å². The fourth-order valence-electron chi connectivity index (χ4n) is 1.73. The number of benzene rings is 1. The van der Waals surface area contributed by atoms with Crippen molar-refractivity contribution in [2.24, 2.45) is 10.2 Å². The topological polar surface area (TPSA) is 34.0 Å². The summed E-state index contributed by atoms with van der Waals surface area (Å²) in [5, 5.41) is 8.71. The fraction of sp³-hybridized carbons (Fsp3) is 0.500. The van der Waals surface area contributed by atoms with Crippen molar-refractivity contribution in [3.63, 3.8) is 0 Å². The van der Waals surface area contributed by atoms with Crippen molar-refractivity contribution < 1.29 is 4.43 Å². The molecule has 0 unspecified atom stereocenters. The number of hydrogen-bond acceptors (Lipinski definition) is 3. The van der Waals surface area contributed by atoms with Crippen LogP contribution in [0.3, 0.4) is 0 Å². The molecule has 0 aliphatic rings. The average Bonchev–Trinajstić information content (AvgIpc) is 2.39. The van der Waals surface area contributed by atoms with Crippen molar-refractivity contribution in [2.45, 2.75) is 52.8 Å². The monoisotopic (exact) mass is 290 g/mol. The van der Waals surface area contributed by atoms with E-state index in [1.54, 1.807) is 0 Å². The summed E-state index contributed by atoms with van der Waals surface area (Å²) in [6.45, 7) is 10.7. The van der Waals surface area contributed by atoms with Crippen LogP contribution < -0.4 is 0 Å². The highest BCUT2D eigenvalue weighted by molar-refractivity contribution is 6.71. The summed E-state index contributed by atoms with van der Waals surface area (Å²) in [6, 6.07) is 10.3. The second-order valence-electron chi connectivity index (χ2n) is 5.74. The molecule has 1 rings (SSSR count). The molecule has 0 aromatic heterocycles. The van der Waals surface area contributed by atoms with Gasteiger partial charge in [0.2, 0.25) is 8.32 Å². The first-order valence-corrected chi connectivity index (χ1v) is 10.7. The van der Waals surface area contributed by atoms with E-state index in [4.69, 9.17) is 4.43 Å². The molecule has 0 spiro atoms. The Balaban J connectivity index is 2.91. The van der Waals surface area contributed by atoms with Gasteiger partial charge in [0.15, 0.2) is 5.90 Å². The summed E-state index contributed by atoms with van der Waals surface area (Å²) in [4.78, 5) is 0. The Morgan fingerprint density at radius 3 is 2.10 bits per heavy atom. The van der Waals surface area contributed by atoms with Gasteiger partial charge in [-0.15, -0.1) is 5.10 Å². The summed E-state index contributed by atoms with van der Waals surface area (Å²) in [7, 11) is -1.67. The average molecular weight is 290 g/mol. The van der Waals surface area contributed by atoms with Crippen molar-refractivity contribution in [1.82, 2.24) is 0 Å². The van der Waals surface area contributed by atoms with E-state index in [9.17, 15) is 0 Å². The minimum absolute atomic E-state index is 0.704. The summed E-state index contributed by atoms with van der Waals surface area (Å²) in [6.07, 6.45) is 2.58. The van der Waals surface area contributed by atoms with Crippen LogP contribution in [0.25, 0.3) is 0 Å². The summed E-state index contributed by atoms with van der Waals surface area (Å²) >= 11 is 0. The zero-order valence-corrected chi connectivity index (χ0v) is 14.3. The molecule has 0 saturated heterocycles. The van der Waals surface area contributed by atoms with Crippen LogP contribution in [0.15, 0.2) is 40.5 Å². The Labute approximate surface area is 123 Å². The Kier molecular flexibility index (Phi) is 6.65. The van der Waals surface area contributed by atoms with Gasteiger partial charge in [-0.1, -0.05) is 44.2 Å². The van der Waals surface area contributed by atoms with Crippen LogP contribution in [-0.4, -0.2) is 19.9 Å². The minimum Gasteiger partial charge on any atom is -0.533 e. The standard InChI is InChI=1S/C16H26N2OSi/c1-6-15(7-2)17-18-16(19-20(3,4)5)13-14-11-9-8-10-12-14/h8-12H,6-7,13H2,1-5H3/b18-16-. The van der Waals surface area contributed by atoms with Gasteiger partial charge in [0, 0.05) is 12.1 Å². The molecule has 0 fully saturated rings. The molecule has 0 aliphatic heterocycles. The van der Waals surface area contributed by atoms with Crippen LogP contribution in [-0.2, 0) is 10.8 Å². The van der Waals surface area contributed by atoms with E-state index in [0.717, 1.165) is 24.5 Å². The van der Waals surface area contributed by atoms with Gasteiger partial charge in [0.25, 0.3) is 0 Å². The maximum absolute atomic E-state index is 6.06. The largest absolute Gasteiger partial charge is 0.533 e. The summed E-state index contributed by atoms with van der Waals surface area (Å²) < 4.78 is 6.06. The predicted octanol–water partition coefficient (Wildman–Crippen LogP) is 4.66. The molecule has 1 aromatic rings. The molecule has 0 bridgehead atoms. The molecule has 1 aromatic carbocycles. The second kappa shape index (κ2) is 8.00. The molecule has 0 radical (unpaired) electrons. The van der Waals surface area contributed by atoms with Crippen LogP contribution in [0.1, 0.15) is 32.3 Å². The SMILES string of the molecule is CCC(CC)=N/N=C(/Cc1ccccc1)O[Si](C)(C)C. The smallest absolute Gasteiger partial charge is 0.243 e. The van der Waals surface area contributed by atoms with Gasteiger partial charge in [-0.2, -0.15) is 5.10 Å². The Morgan fingerprint density at radius 2 is 1.60 bits per heavy atom. The van der Waals surface area contributed by atoms with Crippen LogP contribution in [0.2, 0.25) is 19.6 Å². The zero-order chi connectivity index (χ0) is 15.0. The predicted molar refractivity (Wildman–Crippen MR) is 90.0 cm³/mol. The lowest BCUT2D eigenvalue weighted by molar-refractivity contribution is 0.535. The van der Waals surface area contributed by atoms with E-state index in [0.29, 0.717) is 6.42 Å². The van der Waals surface area contributed by atoms with Gasteiger partial charge in [-0.25, -0.2) is 0 Å². The van der Waals surface area contributed by atoms with Crippen LogP contribution in [0.5, 0.6) is 0 Å². The maximum Gasteiger partial charge on any atom is 0.243 e. The number of rotatable bonds is 6. The highest BCUT2D eigenvalue weighted by atomic mass is 28.4. The molecule has 0 N–H and O–H groups in total. The zero-order valence-electron chi connectivity index (χ0n) is 13.3. The third-order valence-electron chi connectivity index (χ3n) is 2.74. The van der Waals surface area contributed by atoms with Gasteiger partial charge in [0.1, 0.15) is 0 Å². The number of nitrogens with zero attached hydrogens (tertiary/aromatic N) is 2. The molecule has 0 amide bonds. The summed E-state index contributed by atoms with van der Waals surface area (Å²) in [5.74, 6) is 0.731. The molecule has 4 heteroatoms. The molecule has 0 saturated carbocycles. The highest BCUT2D eigenvalue weighted by Gasteiger charge is 2.19. The van der Waals surface area contributed by atoms with Crippen molar-refractivity contribution in [3.8, 4) is 0 Å². The minimum atomic E-state index is -1.67. The Bertz CT molecular complexity index is 455. The molecule has 3 nitrogen and oxygen atoms in total. The van der Waals surface area contributed by atoms with Crippen molar-refractivity contribution >= 4 is 19.9 Å². The van der Waals surface area contributed by atoms with Crippen molar-refractivity contribution in [2.75, 3.05) is 0 Å². The number of hydrogen-bond donors (Lipinski definition) is 0. The first-order valence-electron chi connectivity index (χ1n) is 7.29. The van der Waals surface area contributed by atoms with Gasteiger partial charge in [-0.05, 0) is 38.0 Å². The molecular formula is C16H26N2OSi. The normalized spacial score (nSPS) is 12.2. The lowest BCUT2D eigenvalue weighted by Gasteiger charge is -2.20. The van der Waals surface area contributed by atoms with Crippen molar-refractivity contribution in [1.29, 1.82) is 0 Å².